The lowest BCUT2D eigenvalue weighted by atomic mass is 10.1. The van der Waals surface area contributed by atoms with E-state index in [0.29, 0.717) is 17.1 Å². The van der Waals surface area contributed by atoms with E-state index in [1.807, 2.05) is 19.1 Å². The van der Waals surface area contributed by atoms with Crippen molar-refractivity contribution in [2.45, 2.75) is 31.1 Å². The molecule has 0 aliphatic rings. The molecular formula is C21H20F2N6OS. The predicted molar refractivity (Wildman–Crippen MR) is 116 cm³/mol. The average molecular weight is 442 g/mol. The molecule has 0 spiro atoms. The molecule has 0 saturated carbocycles. The number of thioether (sulfide) groups is 1. The molecule has 2 aromatic heterocycles. The number of hydrogen-bond donors (Lipinski definition) is 1. The lowest BCUT2D eigenvalue weighted by molar-refractivity contribution is 0.145. The van der Waals surface area contributed by atoms with Gasteiger partial charge in [0, 0.05) is 11.3 Å². The van der Waals surface area contributed by atoms with E-state index in [1.54, 1.807) is 32.5 Å². The highest BCUT2D eigenvalue weighted by Gasteiger charge is 2.17. The molecule has 0 atom stereocenters. The van der Waals surface area contributed by atoms with Crippen molar-refractivity contribution in [3.05, 3.63) is 64.1 Å². The van der Waals surface area contributed by atoms with Crippen molar-refractivity contribution in [2.24, 2.45) is 5.10 Å². The lowest BCUT2D eigenvalue weighted by Gasteiger charge is -2.11. The smallest absolute Gasteiger partial charge is 0.280 e. The third-order valence-corrected chi connectivity index (χ3v) is 5.40. The summed E-state index contributed by atoms with van der Waals surface area (Å²) < 4.78 is 33.2. The lowest BCUT2D eigenvalue weighted by Crippen LogP contribution is -2.00. The number of methoxy groups -OCH3 is 1. The number of aromatic nitrogens is 3. The van der Waals surface area contributed by atoms with Crippen LogP contribution in [0.5, 0.6) is 5.75 Å². The second-order valence-corrected chi connectivity index (χ2v) is 7.61. The van der Waals surface area contributed by atoms with Crippen LogP contribution >= 0.6 is 11.8 Å². The molecule has 3 rings (SSSR count). The highest BCUT2D eigenvalue weighted by Crippen LogP contribution is 2.32. The highest BCUT2D eigenvalue weighted by molar-refractivity contribution is 7.98. The van der Waals surface area contributed by atoms with Gasteiger partial charge in [-0.3, -0.25) is 0 Å². The van der Waals surface area contributed by atoms with Gasteiger partial charge in [-0.1, -0.05) is 0 Å². The number of nitriles is 1. The van der Waals surface area contributed by atoms with Gasteiger partial charge >= 0.3 is 0 Å². The fourth-order valence-electron chi connectivity index (χ4n) is 2.88. The average Bonchev–Trinajstić information content (AvgIpc) is 3.07. The Balaban J connectivity index is 1.87. The van der Waals surface area contributed by atoms with Crippen LogP contribution < -0.4 is 10.5 Å². The molecule has 7 nitrogen and oxygen atoms in total. The Morgan fingerprint density at radius 1 is 1.32 bits per heavy atom. The maximum atomic E-state index is 13.1. The molecule has 0 amide bonds. The van der Waals surface area contributed by atoms with Gasteiger partial charge in [0.2, 0.25) is 5.95 Å². The molecule has 31 heavy (non-hydrogen) atoms. The van der Waals surface area contributed by atoms with Gasteiger partial charge in [0.25, 0.3) is 6.43 Å². The zero-order valence-electron chi connectivity index (χ0n) is 17.1. The van der Waals surface area contributed by atoms with Crippen LogP contribution in [0.4, 0.5) is 14.7 Å². The number of ether oxygens (including phenoxy) is 1. The number of nitrogens with two attached hydrogens (primary N) is 1. The number of nitrogens with zero attached hydrogens (tertiary/aromatic N) is 5. The Morgan fingerprint density at radius 2 is 2.10 bits per heavy atom. The van der Waals surface area contributed by atoms with Gasteiger partial charge in [0.05, 0.1) is 30.8 Å². The fourth-order valence-corrected chi connectivity index (χ4v) is 3.92. The number of alkyl halides is 2. The number of halogens is 2. The van der Waals surface area contributed by atoms with E-state index in [-0.39, 0.29) is 22.2 Å². The molecule has 0 aliphatic carbocycles. The van der Waals surface area contributed by atoms with E-state index in [0.717, 1.165) is 16.8 Å². The molecule has 0 unspecified atom stereocenters. The van der Waals surface area contributed by atoms with E-state index in [1.165, 1.54) is 22.5 Å². The Hall–Kier alpha value is -3.45. The summed E-state index contributed by atoms with van der Waals surface area (Å²) in [5.74, 6) is 1.27. The number of pyridine rings is 1. The van der Waals surface area contributed by atoms with Crippen LogP contribution in [0.1, 0.15) is 40.1 Å². The summed E-state index contributed by atoms with van der Waals surface area (Å²) in [4.78, 5) is 8.08. The minimum atomic E-state index is -2.71. The van der Waals surface area contributed by atoms with Crippen molar-refractivity contribution >= 4 is 23.9 Å². The van der Waals surface area contributed by atoms with Gasteiger partial charge in [0.1, 0.15) is 22.5 Å². The number of hydrogen-bond acceptors (Lipinski definition) is 7. The summed E-state index contributed by atoms with van der Waals surface area (Å²) in [5.41, 5.74) is 8.55. The maximum absolute atomic E-state index is 13.1. The number of anilines is 1. The minimum absolute atomic E-state index is 0.264. The molecule has 0 bridgehead atoms. The van der Waals surface area contributed by atoms with Gasteiger partial charge in [-0.15, -0.1) is 11.8 Å². The van der Waals surface area contributed by atoms with Crippen molar-refractivity contribution in [1.82, 2.24) is 14.6 Å². The first-order valence-corrected chi connectivity index (χ1v) is 10.2. The highest BCUT2D eigenvalue weighted by atomic mass is 32.2. The van der Waals surface area contributed by atoms with Gasteiger partial charge in [-0.25, -0.2) is 23.4 Å². The number of nitrogen functional groups attached to an aromatic ring is 1. The minimum Gasteiger partial charge on any atom is -0.496 e. The summed E-state index contributed by atoms with van der Waals surface area (Å²) in [5, 5.41) is 14.0. The molecule has 3 aromatic rings. The topological polar surface area (TPSA) is 102 Å². The summed E-state index contributed by atoms with van der Waals surface area (Å²) >= 11 is 1.20. The van der Waals surface area contributed by atoms with Crippen LogP contribution in [0.25, 0.3) is 0 Å². The van der Waals surface area contributed by atoms with Crippen molar-refractivity contribution in [3.8, 4) is 11.8 Å². The molecule has 0 fully saturated rings. The van der Waals surface area contributed by atoms with Gasteiger partial charge < -0.3 is 10.5 Å². The molecule has 1 aromatic carbocycles. The second-order valence-electron chi connectivity index (χ2n) is 6.65. The van der Waals surface area contributed by atoms with E-state index in [9.17, 15) is 14.0 Å². The van der Waals surface area contributed by atoms with E-state index >= 15 is 0 Å². The summed E-state index contributed by atoms with van der Waals surface area (Å²) in [6.45, 7) is 3.44. The van der Waals surface area contributed by atoms with Gasteiger partial charge in [0.15, 0.2) is 0 Å². The Bertz CT molecular complexity index is 1170. The molecular weight excluding hydrogens is 422 g/mol. The Morgan fingerprint density at radius 3 is 2.71 bits per heavy atom. The third-order valence-electron chi connectivity index (χ3n) is 4.37. The van der Waals surface area contributed by atoms with Crippen LogP contribution in [-0.4, -0.2) is 28.0 Å². The second kappa shape index (κ2) is 9.57. The number of benzene rings is 1. The van der Waals surface area contributed by atoms with Crippen LogP contribution in [0, 0.1) is 25.2 Å². The molecule has 0 aliphatic heterocycles. The number of aryl methyl sites for hydroxylation is 2. The van der Waals surface area contributed by atoms with Crippen LogP contribution in [0.2, 0.25) is 0 Å². The summed E-state index contributed by atoms with van der Waals surface area (Å²) in [6.07, 6.45) is 0.629. The Labute approximate surface area is 182 Å². The molecule has 2 heterocycles. The van der Waals surface area contributed by atoms with Crippen molar-refractivity contribution in [3.63, 3.8) is 0 Å². The molecule has 0 radical (unpaired) electrons. The standard InChI is InChI=1S/C21H20F2N6OS/c1-12-6-17(19(22)23)28-20(16(12)8-24)31-11-15-7-14(4-5-18(15)30-3)9-26-29-10-13(2)27-21(29)25/h4-7,9-10,19H,11H2,1-3H3,(H2,25,27). The SMILES string of the molecule is COc1ccc(C=Nn2cc(C)nc2N)cc1CSc1nc(C(F)F)cc(C)c1C#N. The molecule has 160 valence electrons. The molecule has 10 heteroatoms. The normalized spacial score (nSPS) is 11.3. The number of rotatable bonds is 7. The summed E-state index contributed by atoms with van der Waals surface area (Å²) in [7, 11) is 1.55. The first-order chi connectivity index (χ1) is 14.8. The van der Waals surface area contributed by atoms with Crippen molar-refractivity contribution in [2.75, 3.05) is 12.8 Å². The molecule has 0 saturated heterocycles. The Kier molecular flexibility index (Phi) is 6.87. The van der Waals surface area contributed by atoms with Crippen molar-refractivity contribution in [1.29, 1.82) is 5.26 Å². The van der Waals surface area contributed by atoms with E-state index in [4.69, 9.17) is 10.5 Å². The third kappa shape index (κ3) is 5.19. The van der Waals surface area contributed by atoms with Crippen molar-refractivity contribution < 1.29 is 13.5 Å². The van der Waals surface area contributed by atoms with Crippen LogP contribution in [-0.2, 0) is 5.75 Å². The summed E-state index contributed by atoms with van der Waals surface area (Å²) in [6, 6.07) is 8.78. The van der Waals surface area contributed by atoms with E-state index in [2.05, 4.69) is 21.1 Å². The number of imidazole rings is 1. The predicted octanol–water partition coefficient (Wildman–Crippen LogP) is 4.47. The maximum Gasteiger partial charge on any atom is 0.280 e. The van der Waals surface area contributed by atoms with Crippen LogP contribution in [0.3, 0.4) is 0 Å². The zero-order chi connectivity index (χ0) is 22.5. The van der Waals surface area contributed by atoms with Crippen LogP contribution in [0.15, 0.2) is 40.6 Å². The zero-order valence-corrected chi connectivity index (χ0v) is 18.0. The monoisotopic (exact) mass is 442 g/mol. The first kappa shape index (κ1) is 22.2. The largest absolute Gasteiger partial charge is 0.496 e. The molecule has 2 N–H and O–H groups in total. The van der Waals surface area contributed by atoms with Gasteiger partial charge in [-0.05, 0) is 49.2 Å². The quantitative estimate of drug-likeness (QED) is 0.428. The first-order valence-electron chi connectivity index (χ1n) is 9.17. The van der Waals surface area contributed by atoms with Gasteiger partial charge in [-0.2, -0.15) is 10.4 Å². The van der Waals surface area contributed by atoms with E-state index < -0.39 is 6.43 Å². The fraction of sp³-hybridized carbons (Fsp3) is 0.238.